The van der Waals surface area contributed by atoms with Gasteiger partial charge in [-0.2, -0.15) is 0 Å². The van der Waals surface area contributed by atoms with Crippen LogP contribution < -0.4 is 5.32 Å². The Morgan fingerprint density at radius 2 is 2.00 bits per heavy atom. The molecule has 2 rings (SSSR count). The predicted octanol–water partition coefficient (Wildman–Crippen LogP) is 2.99. The summed E-state index contributed by atoms with van der Waals surface area (Å²) in [5.41, 5.74) is 2.88. The van der Waals surface area contributed by atoms with Crippen LogP contribution in [0.15, 0.2) is 24.3 Å². The predicted molar refractivity (Wildman–Crippen MR) is 77.9 cm³/mol. The quantitative estimate of drug-likeness (QED) is 0.878. The average molecular weight is 246 g/mol. The Balaban J connectivity index is 1.92. The van der Waals surface area contributed by atoms with E-state index in [0.717, 1.165) is 6.54 Å². The van der Waals surface area contributed by atoms with Crippen LogP contribution in [0, 0.1) is 0 Å². The van der Waals surface area contributed by atoms with Crippen LogP contribution >= 0.6 is 0 Å². The maximum atomic E-state index is 3.40. The molecule has 0 aliphatic carbocycles. The zero-order valence-corrected chi connectivity index (χ0v) is 11.9. The van der Waals surface area contributed by atoms with Crippen LogP contribution in [0.25, 0.3) is 0 Å². The van der Waals surface area contributed by atoms with Crippen LogP contribution in [-0.2, 0) is 6.54 Å². The van der Waals surface area contributed by atoms with Crippen molar-refractivity contribution in [3.63, 3.8) is 0 Å². The first-order chi connectivity index (χ1) is 8.69. The molecule has 1 unspecified atom stereocenters. The van der Waals surface area contributed by atoms with E-state index in [1.165, 1.54) is 37.1 Å². The van der Waals surface area contributed by atoms with E-state index in [-0.39, 0.29) is 0 Å². The Kier molecular flexibility index (Phi) is 4.79. The second kappa shape index (κ2) is 6.35. The van der Waals surface area contributed by atoms with Gasteiger partial charge in [-0.1, -0.05) is 38.1 Å². The number of piperidine rings is 1. The van der Waals surface area contributed by atoms with E-state index in [4.69, 9.17) is 0 Å². The van der Waals surface area contributed by atoms with E-state index in [9.17, 15) is 0 Å². The lowest BCUT2D eigenvalue weighted by atomic mass is 10.0. The molecule has 18 heavy (non-hydrogen) atoms. The van der Waals surface area contributed by atoms with Crippen LogP contribution in [0.4, 0.5) is 0 Å². The number of hydrogen-bond acceptors (Lipinski definition) is 2. The number of likely N-dealkylation sites (N-methyl/N-ethyl adjacent to an activating group) is 1. The molecular weight excluding hydrogens is 220 g/mol. The second-order valence-electron chi connectivity index (χ2n) is 5.76. The van der Waals surface area contributed by atoms with Crippen molar-refractivity contribution in [3.05, 3.63) is 35.4 Å². The van der Waals surface area contributed by atoms with Gasteiger partial charge in [-0.15, -0.1) is 0 Å². The standard InChI is InChI=1S/C16H26N2/c1-13(2)15-8-6-14(7-9-15)11-18-10-4-5-16(12-18)17-3/h6-9,13,16-17H,4-5,10-12H2,1-3H3. The first-order valence-corrected chi connectivity index (χ1v) is 7.17. The highest BCUT2D eigenvalue weighted by molar-refractivity contribution is 5.24. The molecule has 0 amide bonds. The Morgan fingerprint density at radius 3 is 2.61 bits per heavy atom. The molecular formula is C16H26N2. The maximum absolute atomic E-state index is 3.40. The zero-order valence-electron chi connectivity index (χ0n) is 11.9. The summed E-state index contributed by atoms with van der Waals surface area (Å²) in [6.07, 6.45) is 2.63. The molecule has 1 aliphatic rings. The van der Waals surface area contributed by atoms with Gasteiger partial charge in [0.15, 0.2) is 0 Å². The van der Waals surface area contributed by atoms with Gasteiger partial charge in [0, 0.05) is 19.1 Å². The van der Waals surface area contributed by atoms with Gasteiger partial charge >= 0.3 is 0 Å². The Hall–Kier alpha value is -0.860. The normalized spacial score (nSPS) is 21.4. The van der Waals surface area contributed by atoms with Crippen molar-refractivity contribution in [3.8, 4) is 0 Å². The van der Waals surface area contributed by atoms with Gasteiger partial charge in [-0.05, 0) is 43.5 Å². The number of rotatable bonds is 4. The fraction of sp³-hybridized carbons (Fsp3) is 0.625. The summed E-state index contributed by atoms with van der Waals surface area (Å²) in [5, 5.41) is 3.40. The highest BCUT2D eigenvalue weighted by Crippen LogP contribution is 2.17. The van der Waals surface area contributed by atoms with E-state index < -0.39 is 0 Å². The van der Waals surface area contributed by atoms with Crippen LogP contribution in [0.3, 0.4) is 0 Å². The molecule has 100 valence electrons. The summed E-state index contributed by atoms with van der Waals surface area (Å²) >= 11 is 0. The summed E-state index contributed by atoms with van der Waals surface area (Å²) in [6.45, 7) is 8.01. The third-order valence-corrected chi connectivity index (χ3v) is 3.97. The summed E-state index contributed by atoms with van der Waals surface area (Å²) in [7, 11) is 2.07. The lowest BCUT2D eigenvalue weighted by molar-refractivity contribution is 0.188. The van der Waals surface area contributed by atoms with Crippen molar-refractivity contribution in [2.75, 3.05) is 20.1 Å². The first-order valence-electron chi connectivity index (χ1n) is 7.17. The molecule has 2 heteroatoms. The number of likely N-dealkylation sites (tertiary alicyclic amines) is 1. The lowest BCUT2D eigenvalue weighted by Gasteiger charge is -2.32. The van der Waals surface area contributed by atoms with Crippen LogP contribution in [-0.4, -0.2) is 31.1 Å². The minimum absolute atomic E-state index is 0.628. The van der Waals surface area contributed by atoms with E-state index in [1.807, 2.05) is 0 Å². The van der Waals surface area contributed by atoms with Gasteiger partial charge in [-0.3, -0.25) is 4.90 Å². The van der Waals surface area contributed by atoms with Gasteiger partial charge in [0.2, 0.25) is 0 Å². The maximum Gasteiger partial charge on any atom is 0.0234 e. The number of benzene rings is 1. The molecule has 1 saturated heterocycles. The van der Waals surface area contributed by atoms with Gasteiger partial charge in [0.05, 0.1) is 0 Å². The summed E-state index contributed by atoms with van der Waals surface area (Å²) in [6, 6.07) is 9.81. The topological polar surface area (TPSA) is 15.3 Å². The number of nitrogens with zero attached hydrogens (tertiary/aromatic N) is 1. The molecule has 1 aromatic carbocycles. The van der Waals surface area contributed by atoms with E-state index in [0.29, 0.717) is 12.0 Å². The number of hydrogen-bond donors (Lipinski definition) is 1. The van der Waals surface area contributed by atoms with E-state index in [2.05, 4.69) is 55.4 Å². The van der Waals surface area contributed by atoms with Crippen molar-refractivity contribution in [1.82, 2.24) is 10.2 Å². The van der Waals surface area contributed by atoms with Crippen LogP contribution in [0.1, 0.15) is 43.7 Å². The Morgan fingerprint density at radius 1 is 1.28 bits per heavy atom. The molecule has 0 bridgehead atoms. The Labute approximate surface area is 111 Å². The van der Waals surface area contributed by atoms with Gasteiger partial charge in [0.1, 0.15) is 0 Å². The smallest absolute Gasteiger partial charge is 0.0234 e. The van der Waals surface area contributed by atoms with Crippen molar-refractivity contribution < 1.29 is 0 Å². The molecule has 0 saturated carbocycles. The summed E-state index contributed by atoms with van der Waals surface area (Å²) in [5.74, 6) is 0.628. The summed E-state index contributed by atoms with van der Waals surface area (Å²) < 4.78 is 0. The largest absolute Gasteiger partial charge is 0.316 e. The van der Waals surface area contributed by atoms with Crippen molar-refractivity contribution >= 4 is 0 Å². The zero-order chi connectivity index (χ0) is 13.0. The van der Waals surface area contributed by atoms with Crippen molar-refractivity contribution in [2.24, 2.45) is 0 Å². The molecule has 1 atom stereocenters. The molecule has 1 fully saturated rings. The molecule has 1 heterocycles. The van der Waals surface area contributed by atoms with Gasteiger partial charge < -0.3 is 5.32 Å². The minimum Gasteiger partial charge on any atom is -0.316 e. The van der Waals surface area contributed by atoms with Crippen molar-refractivity contribution in [1.29, 1.82) is 0 Å². The highest BCUT2D eigenvalue weighted by Gasteiger charge is 2.18. The fourth-order valence-electron chi connectivity index (χ4n) is 2.70. The lowest BCUT2D eigenvalue weighted by Crippen LogP contribution is -2.43. The molecule has 1 aromatic rings. The third kappa shape index (κ3) is 3.56. The minimum atomic E-state index is 0.628. The molecule has 1 aliphatic heterocycles. The fourth-order valence-corrected chi connectivity index (χ4v) is 2.70. The highest BCUT2D eigenvalue weighted by atomic mass is 15.2. The molecule has 1 N–H and O–H groups in total. The molecule has 0 aromatic heterocycles. The molecule has 0 radical (unpaired) electrons. The third-order valence-electron chi connectivity index (χ3n) is 3.97. The first kappa shape index (κ1) is 13.6. The van der Waals surface area contributed by atoms with E-state index >= 15 is 0 Å². The van der Waals surface area contributed by atoms with Gasteiger partial charge in [-0.25, -0.2) is 0 Å². The monoisotopic (exact) mass is 246 g/mol. The van der Waals surface area contributed by atoms with Crippen LogP contribution in [0.2, 0.25) is 0 Å². The second-order valence-corrected chi connectivity index (χ2v) is 5.76. The molecule has 2 nitrogen and oxygen atoms in total. The van der Waals surface area contributed by atoms with Crippen molar-refractivity contribution in [2.45, 2.75) is 45.2 Å². The van der Waals surface area contributed by atoms with Crippen LogP contribution in [0.5, 0.6) is 0 Å². The number of nitrogens with one attached hydrogen (secondary N) is 1. The van der Waals surface area contributed by atoms with E-state index in [1.54, 1.807) is 0 Å². The Bertz CT molecular complexity index is 356. The molecule has 0 spiro atoms. The van der Waals surface area contributed by atoms with Gasteiger partial charge in [0.25, 0.3) is 0 Å². The SMILES string of the molecule is CNC1CCCN(Cc2ccc(C(C)C)cc2)C1. The summed E-state index contributed by atoms with van der Waals surface area (Å²) in [4.78, 5) is 2.56. The average Bonchev–Trinajstić information content (AvgIpc) is 2.39.